The van der Waals surface area contributed by atoms with Gasteiger partial charge in [-0.3, -0.25) is 4.79 Å². The van der Waals surface area contributed by atoms with Crippen molar-refractivity contribution in [3.8, 4) is 5.75 Å². The largest absolute Gasteiger partial charge is 0.480 e. The van der Waals surface area contributed by atoms with Crippen LogP contribution in [0.1, 0.15) is 16.1 Å². The lowest BCUT2D eigenvalue weighted by Gasteiger charge is -2.10. The average molecular weight is 636 g/mol. The number of hydrogen-bond donors (Lipinski definition) is 1. The normalized spacial score (nSPS) is 11.0. The quantitative estimate of drug-likeness (QED) is 0.181. The fraction of sp³-hybridized carbons (Fsp3) is 0.105. The Balaban J connectivity index is 1.67. The zero-order valence-corrected chi connectivity index (χ0v) is 20.2. The Hall–Kier alpha value is -1.92. The van der Waals surface area contributed by atoms with Crippen LogP contribution in [-0.2, 0) is 9.53 Å². The second kappa shape index (κ2) is 9.72. The van der Waals surface area contributed by atoms with Gasteiger partial charge in [0.05, 0.1) is 21.4 Å². The molecule has 1 amide bonds. The van der Waals surface area contributed by atoms with Gasteiger partial charge in [0.25, 0.3) is 0 Å². The van der Waals surface area contributed by atoms with E-state index in [0.717, 1.165) is 19.0 Å². The van der Waals surface area contributed by atoms with Gasteiger partial charge in [0.1, 0.15) is 11.3 Å². The van der Waals surface area contributed by atoms with Crippen LogP contribution in [0.25, 0.3) is 11.0 Å². The third-order valence-electron chi connectivity index (χ3n) is 3.66. The summed E-state index contributed by atoms with van der Waals surface area (Å²) in [6.45, 7) is -0.192. The van der Waals surface area contributed by atoms with E-state index in [1.165, 1.54) is 13.3 Å². The SMILES string of the molecule is COC(=O)COc1c(Br)cc(/C=N/NC(=O)c2cc3cc(Br)ccc3o2)cc1I. The molecule has 0 fully saturated rings. The van der Waals surface area contributed by atoms with Crippen molar-refractivity contribution < 1.29 is 23.5 Å². The molecule has 29 heavy (non-hydrogen) atoms. The number of rotatable bonds is 6. The maximum Gasteiger partial charge on any atom is 0.343 e. The van der Waals surface area contributed by atoms with Crippen LogP contribution in [0.5, 0.6) is 5.75 Å². The predicted octanol–water partition coefficient (Wildman–Crippen LogP) is 4.88. The zero-order chi connectivity index (χ0) is 21.0. The van der Waals surface area contributed by atoms with E-state index in [-0.39, 0.29) is 12.4 Å². The summed E-state index contributed by atoms with van der Waals surface area (Å²) in [6, 6.07) is 10.7. The molecule has 1 N–H and O–H groups in total. The molecule has 10 heteroatoms. The van der Waals surface area contributed by atoms with Crippen molar-refractivity contribution in [2.24, 2.45) is 5.10 Å². The molecule has 3 rings (SSSR count). The van der Waals surface area contributed by atoms with E-state index in [9.17, 15) is 9.59 Å². The molecule has 0 saturated carbocycles. The van der Waals surface area contributed by atoms with Gasteiger partial charge in [-0.25, -0.2) is 10.2 Å². The van der Waals surface area contributed by atoms with Gasteiger partial charge in [0.2, 0.25) is 0 Å². The summed E-state index contributed by atoms with van der Waals surface area (Å²) >= 11 is 8.87. The summed E-state index contributed by atoms with van der Waals surface area (Å²) in [4.78, 5) is 23.5. The number of carbonyl (C=O) groups is 2. The lowest BCUT2D eigenvalue weighted by Crippen LogP contribution is -2.16. The summed E-state index contributed by atoms with van der Waals surface area (Å²) in [7, 11) is 1.30. The minimum absolute atomic E-state index is 0.164. The van der Waals surface area contributed by atoms with E-state index in [4.69, 9.17) is 9.15 Å². The number of ether oxygens (including phenoxy) is 2. The van der Waals surface area contributed by atoms with Gasteiger partial charge in [-0.1, -0.05) is 15.9 Å². The van der Waals surface area contributed by atoms with Crippen LogP contribution in [-0.4, -0.2) is 31.8 Å². The molecule has 0 atom stereocenters. The van der Waals surface area contributed by atoms with Crippen LogP contribution < -0.4 is 10.2 Å². The number of fused-ring (bicyclic) bond motifs is 1. The molecule has 3 aromatic rings. The number of nitrogens with one attached hydrogen (secondary N) is 1. The molecule has 7 nitrogen and oxygen atoms in total. The summed E-state index contributed by atoms with van der Waals surface area (Å²) in [5.41, 5.74) is 3.78. The van der Waals surface area contributed by atoms with Gasteiger partial charge in [-0.2, -0.15) is 5.10 Å². The maximum atomic E-state index is 12.3. The molecule has 0 aliphatic rings. The Kier molecular flexibility index (Phi) is 7.30. The van der Waals surface area contributed by atoms with Crippen molar-refractivity contribution in [1.29, 1.82) is 0 Å². The highest BCUT2D eigenvalue weighted by Crippen LogP contribution is 2.31. The first kappa shape index (κ1) is 21.8. The first-order chi connectivity index (χ1) is 13.9. The van der Waals surface area contributed by atoms with Crippen LogP contribution in [0.2, 0.25) is 0 Å². The van der Waals surface area contributed by atoms with Crippen molar-refractivity contribution in [3.63, 3.8) is 0 Å². The van der Waals surface area contributed by atoms with Gasteiger partial charge >= 0.3 is 11.9 Å². The molecule has 0 radical (unpaired) electrons. The minimum Gasteiger partial charge on any atom is -0.480 e. The summed E-state index contributed by atoms with van der Waals surface area (Å²) < 4.78 is 17.8. The number of carbonyl (C=O) groups excluding carboxylic acids is 2. The Morgan fingerprint density at radius 2 is 2.03 bits per heavy atom. The molecule has 0 bridgehead atoms. The monoisotopic (exact) mass is 634 g/mol. The third kappa shape index (κ3) is 5.58. The molecule has 0 aliphatic carbocycles. The van der Waals surface area contributed by atoms with Crippen molar-refractivity contribution >= 4 is 83.5 Å². The third-order valence-corrected chi connectivity index (χ3v) is 5.55. The van der Waals surface area contributed by atoms with Crippen LogP contribution in [0.4, 0.5) is 0 Å². The number of esters is 1. The Labute approximate surface area is 196 Å². The number of benzene rings is 2. The minimum atomic E-state index is -0.473. The number of amides is 1. The van der Waals surface area contributed by atoms with E-state index in [0.29, 0.717) is 15.8 Å². The summed E-state index contributed by atoms with van der Waals surface area (Å²) in [5.74, 6) is -0.248. The fourth-order valence-corrected chi connectivity index (χ4v) is 4.48. The highest BCUT2D eigenvalue weighted by atomic mass is 127. The number of hydrogen-bond acceptors (Lipinski definition) is 6. The zero-order valence-electron chi connectivity index (χ0n) is 14.9. The Morgan fingerprint density at radius 1 is 1.24 bits per heavy atom. The molecule has 0 aliphatic heterocycles. The van der Waals surface area contributed by atoms with Gasteiger partial charge in [-0.15, -0.1) is 0 Å². The Bertz CT molecular complexity index is 1090. The topological polar surface area (TPSA) is 90.1 Å². The van der Waals surface area contributed by atoms with Crippen LogP contribution in [0.15, 0.2) is 54.9 Å². The second-order valence-corrected chi connectivity index (χ2v) is 8.60. The molecular weight excluding hydrogens is 623 g/mol. The first-order valence-electron chi connectivity index (χ1n) is 8.08. The maximum absolute atomic E-state index is 12.3. The van der Waals surface area contributed by atoms with E-state index in [1.807, 2.05) is 12.1 Å². The molecule has 0 spiro atoms. The van der Waals surface area contributed by atoms with Crippen molar-refractivity contribution in [2.45, 2.75) is 0 Å². The van der Waals surface area contributed by atoms with Crippen molar-refractivity contribution in [3.05, 3.63) is 60.2 Å². The van der Waals surface area contributed by atoms with Crippen LogP contribution in [0.3, 0.4) is 0 Å². The summed E-state index contributed by atoms with van der Waals surface area (Å²) in [5, 5.41) is 4.79. The molecule has 1 aromatic heterocycles. The van der Waals surface area contributed by atoms with Gasteiger partial charge in [0.15, 0.2) is 12.4 Å². The lowest BCUT2D eigenvalue weighted by molar-refractivity contribution is -0.142. The van der Waals surface area contributed by atoms with E-state index < -0.39 is 11.9 Å². The standard InChI is InChI=1S/C19H13Br2IN2O5/c1-27-17(25)9-28-18-13(21)4-10(5-14(18)22)8-23-24-19(26)16-7-11-6-12(20)2-3-15(11)29-16/h2-8H,9H2,1H3,(H,24,26)/b23-8+. The number of hydrazone groups is 1. The second-order valence-electron chi connectivity index (χ2n) is 5.67. The Morgan fingerprint density at radius 3 is 2.76 bits per heavy atom. The fourth-order valence-electron chi connectivity index (χ4n) is 2.33. The van der Waals surface area contributed by atoms with Crippen molar-refractivity contribution in [1.82, 2.24) is 5.43 Å². The summed E-state index contributed by atoms with van der Waals surface area (Å²) in [6.07, 6.45) is 1.49. The molecule has 1 heterocycles. The van der Waals surface area contributed by atoms with E-state index in [1.54, 1.807) is 24.3 Å². The predicted molar refractivity (Wildman–Crippen MR) is 123 cm³/mol. The smallest absolute Gasteiger partial charge is 0.343 e. The molecular formula is C19H13Br2IN2O5. The molecule has 0 unspecified atom stereocenters. The lowest BCUT2D eigenvalue weighted by atomic mass is 10.2. The van der Waals surface area contributed by atoms with Crippen molar-refractivity contribution in [2.75, 3.05) is 13.7 Å². The molecule has 0 saturated heterocycles. The van der Waals surface area contributed by atoms with Gasteiger partial charge in [-0.05, 0) is 80.5 Å². The molecule has 150 valence electrons. The van der Waals surface area contributed by atoms with E-state index in [2.05, 4.69) is 69.7 Å². The highest BCUT2D eigenvalue weighted by molar-refractivity contribution is 14.1. The number of nitrogens with zero attached hydrogens (tertiary/aromatic N) is 1. The van der Waals surface area contributed by atoms with Crippen LogP contribution >= 0.6 is 54.5 Å². The van der Waals surface area contributed by atoms with E-state index >= 15 is 0 Å². The highest BCUT2D eigenvalue weighted by Gasteiger charge is 2.13. The molecule has 2 aromatic carbocycles. The number of methoxy groups -OCH3 is 1. The number of halogens is 3. The van der Waals surface area contributed by atoms with Gasteiger partial charge < -0.3 is 13.9 Å². The number of furan rings is 1. The average Bonchev–Trinajstić information content (AvgIpc) is 3.10. The van der Waals surface area contributed by atoms with Gasteiger partial charge in [0, 0.05) is 9.86 Å². The van der Waals surface area contributed by atoms with Crippen LogP contribution in [0, 0.1) is 3.57 Å². The first-order valence-corrected chi connectivity index (χ1v) is 10.7.